The van der Waals surface area contributed by atoms with Gasteiger partial charge in [0.15, 0.2) is 9.84 Å². The van der Waals surface area contributed by atoms with E-state index in [0.29, 0.717) is 16.4 Å². The molecule has 152 valence electrons. The Morgan fingerprint density at radius 2 is 1.45 bits per heavy atom. The number of hydrogen-bond acceptors (Lipinski definition) is 5. The molecule has 7 heteroatoms. The maximum atomic E-state index is 12.6. The van der Waals surface area contributed by atoms with Crippen molar-refractivity contribution >= 4 is 42.2 Å². The lowest BCUT2D eigenvalue weighted by molar-refractivity contribution is 0.602. The Hall–Kier alpha value is -1.54. The number of sulfone groups is 1. The zero-order valence-corrected chi connectivity index (χ0v) is 19.3. The first-order valence-electron chi connectivity index (χ1n) is 8.97. The smallest absolute Gasteiger partial charge is 0.175 e. The highest BCUT2D eigenvalue weighted by Gasteiger charge is 2.09. The monoisotopic (exact) mass is 462 g/mol. The highest BCUT2D eigenvalue weighted by Crippen LogP contribution is 2.36. The van der Waals surface area contributed by atoms with Crippen molar-refractivity contribution < 1.29 is 12.6 Å². The molecule has 0 amide bonds. The fraction of sp³-hybridized carbons (Fsp3) is 0.182. The van der Waals surface area contributed by atoms with E-state index >= 15 is 0 Å². The number of benzene rings is 3. The molecule has 3 nitrogen and oxygen atoms in total. The van der Waals surface area contributed by atoms with Crippen LogP contribution >= 0.6 is 21.6 Å². The van der Waals surface area contributed by atoms with Crippen molar-refractivity contribution in [3.8, 4) is 0 Å². The van der Waals surface area contributed by atoms with E-state index < -0.39 is 20.6 Å². The second kappa shape index (κ2) is 10.5. The van der Waals surface area contributed by atoms with Crippen molar-refractivity contribution in [2.75, 3.05) is 6.26 Å². The van der Waals surface area contributed by atoms with E-state index in [1.807, 2.05) is 60.7 Å². The summed E-state index contributed by atoms with van der Waals surface area (Å²) in [7, 11) is -0.778. The van der Waals surface area contributed by atoms with E-state index in [4.69, 9.17) is 0 Å². The second-order valence-corrected chi connectivity index (χ2v) is 12.4. The van der Waals surface area contributed by atoms with Crippen molar-refractivity contribution in [3.63, 3.8) is 0 Å². The fourth-order valence-corrected chi connectivity index (χ4v) is 7.02. The molecule has 0 saturated heterocycles. The Balaban J connectivity index is 1.57. The number of hydrogen-bond donors (Lipinski definition) is 0. The van der Waals surface area contributed by atoms with Crippen LogP contribution in [-0.2, 0) is 37.9 Å². The van der Waals surface area contributed by atoms with Crippen molar-refractivity contribution in [3.05, 3.63) is 95.6 Å². The van der Waals surface area contributed by atoms with E-state index in [9.17, 15) is 12.6 Å². The average molecular weight is 463 g/mol. The summed E-state index contributed by atoms with van der Waals surface area (Å²) in [4.78, 5) is 1.46. The van der Waals surface area contributed by atoms with Gasteiger partial charge in [0.25, 0.3) is 0 Å². The van der Waals surface area contributed by atoms with Crippen LogP contribution in [0, 0.1) is 0 Å². The van der Waals surface area contributed by atoms with Crippen LogP contribution in [0.3, 0.4) is 0 Å². The SMILES string of the molecule is CS(=O)(=O)c1ccc(CSSc2ccccc2CS(=O)Cc2ccccc2)cc1. The van der Waals surface area contributed by atoms with Crippen molar-refractivity contribution in [2.45, 2.75) is 27.0 Å². The van der Waals surface area contributed by atoms with Gasteiger partial charge in [-0.1, -0.05) is 82.3 Å². The second-order valence-electron chi connectivity index (χ2n) is 6.58. The molecule has 0 bridgehead atoms. The molecule has 0 aromatic heterocycles. The highest BCUT2D eigenvalue weighted by molar-refractivity contribution is 8.76. The molecule has 29 heavy (non-hydrogen) atoms. The lowest BCUT2D eigenvalue weighted by atomic mass is 10.2. The topological polar surface area (TPSA) is 51.2 Å². The van der Waals surface area contributed by atoms with Crippen LogP contribution < -0.4 is 0 Å². The largest absolute Gasteiger partial charge is 0.259 e. The molecule has 1 atom stereocenters. The molecule has 1 unspecified atom stereocenters. The Morgan fingerprint density at radius 1 is 0.793 bits per heavy atom. The summed E-state index contributed by atoms with van der Waals surface area (Å²) in [5.41, 5.74) is 3.25. The fourth-order valence-electron chi connectivity index (χ4n) is 2.68. The van der Waals surface area contributed by atoms with Crippen LogP contribution in [0.4, 0.5) is 0 Å². The maximum absolute atomic E-state index is 12.6. The minimum absolute atomic E-state index is 0.338. The van der Waals surface area contributed by atoms with Gasteiger partial charge < -0.3 is 0 Å². The summed E-state index contributed by atoms with van der Waals surface area (Å²) in [5, 5.41) is 0. The Kier molecular flexibility index (Phi) is 8.00. The zero-order chi connectivity index (χ0) is 20.7. The van der Waals surface area contributed by atoms with Gasteiger partial charge in [0.2, 0.25) is 0 Å². The van der Waals surface area contributed by atoms with Gasteiger partial charge >= 0.3 is 0 Å². The van der Waals surface area contributed by atoms with E-state index in [-0.39, 0.29) is 0 Å². The van der Waals surface area contributed by atoms with Gasteiger partial charge in [0, 0.05) is 39.2 Å². The Labute approximate surface area is 183 Å². The van der Waals surface area contributed by atoms with E-state index in [0.717, 1.165) is 27.3 Å². The van der Waals surface area contributed by atoms with Crippen molar-refractivity contribution in [1.82, 2.24) is 0 Å². The first kappa shape index (κ1) is 22.2. The van der Waals surface area contributed by atoms with Crippen LogP contribution in [0.15, 0.2) is 88.7 Å². The molecule has 3 aromatic rings. The standard InChI is InChI=1S/C22H22O3S4/c1-29(24,25)21-13-11-18(12-14-21)15-26-27-22-10-6-5-9-20(22)17-28(23)16-19-7-3-2-4-8-19/h2-14H,15-17H2,1H3. The summed E-state index contributed by atoms with van der Waals surface area (Å²) in [5.74, 6) is 1.84. The van der Waals surface area contributed by atoms with E-state index in [2.05, 4.69) is 6.07 Å². The van der Waals surface area contributed by atoms with Gasteiger partial charge in [-0.15, -0.1) is 0 Å². The third-order valence-electron chi connectivity index (χ3n) is 4.19. The molecule has 3 aromatic carbocycles. The van der Waals surface area contributed by atoms with Gasteiger partial charge in [-0.2, -0.15) is 0 Å². The zero-order valence-electron chi connectivity index (χ0n) is 16.0. The molecule has 0 spiro atoms. The molecule has 0 saturated carbocycles. The van der Waals surface area contributed by atoms with Crippen LogP contribution in [0.5, 0.6) is 0 Å². The molecule has 0 heterocycles. The first-order chi connectivity index (χ1) is 13.9. The maximum Gasteiger partial charge on any atom is 0.175 e. The summed E-state index contributed by atoms with van der Waals surface area (Å²) < 4.78 is 35.7. The lowest BCUT2D eigenvalue weighted by Gasteiger charge is -2.09. The van der Waals surface area contributed by atoms with Crippen LogP contribution in [0.1, 0.15) is 16.7 Å². The summed E-state index contributed by atoms with van der Waals surface area (Å²) in [6, 6.07) is 25.0. The average Bonchev–Trinajstić information content (AvgIpc) is 2.70. The lowest BCUT2D eigenvalue weighted by Crippen LogP contribution is -2.00. The molecule has 3 rings (SSSR count). The highest BCUT2D eigenvalue weighted by atomic mass is 33.1. The van der Waals surface area contributed by atoms with Gasteiger partial charge in [-0.25, -0.2) is 8.42 Å². The Morgan fingerprint density at radius 3 is 2.14 bits per heavy atom. The predicted molar refractivity (Wildman–Crippen MR) is 125 cm³/mol. The van der Waals surface area contributed by atoms with E-state index in [1.165, 1.54) is 6.26 Å². The molecule has 0 fully saturated rings. The van der Waals surface area contributed by atoms with Crippen LogP contribution in [-0.4, -0.2) is 18.9 Å². The minimum Gasteiger partial charge on any atom is -0.259 e. The van der Waals surface area contributed by atoms with Crippen molar-refractivity contribution in [1.29, 1.82) is 0 Å². The van der Waals surface area contributed by atoms with Crippen molar-refractivity contribution in [2.24, 2.45) is 0 Å². The molecule has 0 aliphatic rings. The number of rotatable bonds is 9. The molecule has 0 aliphatic carbocycles. The molecular formula is C22H22O3S4. The molecule has 0 N–H and O–H groups in total. The predicted octanol–water partition coefficient (Wildman–Crippen LogP) is 5.48. The summed E-state index contributed by atoms with van der Waals surface area (Å²) >= 11 is 0. The van der Waals surface area contributed by atoms with E-state index in [1.54, 1.807) is 33.7 Å². The van der Waals surface area contributed by atoms with Crippen LogP contribution in [0.25, 0.3) is 0 Å². The molecular weight excluding hydrogens is 441 g/mol. The van der Waals surface area contributed by atoms with Gasteiger partial charge in [0.05, 0.1) is 4.90 Å². The van der Waals surface area contributed by atoms with Gasteiger partial charge in [-0.3, -0.25) is 4.21 Å². The third kappa shape index (κ3) is 7.03. The van der Waals surface area contributed by atoms with Gasteiger partial charge in [-0.05, 0) is 34.9 Å². The summed E-state index contributed by atoms with van der Waals surface area (Å²) in [6.07, 6.45) is 1.21. The quantitative estimate of drug-likeness (QED) is 0.394. The summed E-state index contributed by atoms with van der Waals surface area (Å²) in [6.45, 7) is 0. The Bertz CT molecular complexity index is 1060. The minimum atomic E-state index is -3.16. The third-order valence-corrected chi connectivity index (χ3v) is 8.99. The molecule has 0 aliphatic heterocycles. The molecule has 0 radical (unpaired) electrons. The van der Waals surface area contributed by atoms with Gasteiger partial charge in [0.1, 0.15) is 0 Å². The van der Waals surface area contributed by atoms with Crippen LogP contribution in [0.2, 0.25) is 0 Å². The first-order valence-corrected chi connectivity index (χ1v) is 14.7. The normalized spacial score (nSPS) is 12.6.